The summed E-state index contributed by atoms with van der Waals surface area (Å²) in [5, 5.41) is 0. The molecule has 1 fully saturated rings. The molecule has 0 unspecified atom stereocenters. The molecule has 0 bridgehead atoms. The molecule has 0 aliphatic heterocycles. The smallest absolute Gasteiger partial charge is 0.00964 e. The summed E-state index contributed by atoms with van der Waals surface area (Å²) in [7, 11) is 0. The van der Waals surface area contributed by atoms with Crippen LogP contribution in [0.3, 0.4) is 0 Å². The summed E-state index contributed by atoms with van der Waals surface area (Å²) < 4.78 is 0. The lowest BCUT2D eigenvalue weighted by molar-refractivity contribution is 0.146. The second-order valence-electron chi connectivity index (χ2n) is 7.08. The minimum Gasteiger partial charge on any atom is -0.328 e. The van der Waals surface area contributed by atoms with Crippen LogP contribution in [-0.2, 0) is 0 Å². The van der Waals surface area contributed by atoms with Crippen molar-refractivity contribution in [2.75, 3.05) is 13.1 Å². The molecule has 1 aliphatic carbocycles. The maximum absolute atomic E-state index is 6.04. The van der Waals surface area contributed by atoms with E-state index in [-0.39, 0.29) is 0 Å². The van der Waals surface area contributed by atoms with Gasteiger partial charge in [0, 0.05) is 12.1 Å². The molecule has 2 nitrogen and oxygen atoms in total. The summed E-state index contributed by atoms with van der Waals surface area (Å²) in [6.45, 7) is 7.22. The van der Waals surface area contributed by atoms with Gasteiger partial charge in [-0.2, -0.15) is 0 Å². The van der Waals surface area contributed by atoms with Crippen LogP contribution in [0.15, 0.2) is 0 Å². The van der Waals surface area contributed by atoms with Crippen LogP contribution in [0.1, 0.15) is 97.3 Å². The van der Waals surface area contributed by atoms with E-state index in [0.29, 0.717) is 6.04 Å². The summed E-state index contributed by atoms with van der Waals surface area (Å²) in [6, 6.07) is 1.31. The first kappa shape index (κ1) is 19.0. The van der Waals surface area contributed by atoms with E-state index in [1.165, 1.54) is 96.6 Å². The van der Waals surface area contributed by atoms with Crippen molar-refractivity contribution in [3.05, 3.63) is 0 Å². The van der Waals surface area contributed by atoms with Crippen LogP contribution in [0.5, 0.6) is 0 Å². The van der Waals surface area contributed by atoms with Crippen molar-refractivity contribution in [2.24, 2.45) is 5.73 Å². The summed E-state index contributed by atoms with van der Waals surface area (Å²) in [4.78, 5) is 2.77. The zero-order chi connectivity index (χ0) is 15.3. The number of rotatable bonds is 12. The number of nitrogens with two attached hydrogens (primary N) is 1. The fourth-order valence-corrected chi connectivity index (χ4v) is 3.68. The zero-order valence-corrected chi connectivity index (χ0v) is 14.8. The van der Waals surface area contributed by atoms with Gasteiger partial charge in [-0.15, -0.1) is 0 Å². The van der Waals surface area contributed by atoms with Gasteiger partial charge in [-0.3, -0.25) is 0 Å². The van der Waals surface area contributed by atoms with Gasteiger partial charge in [-0.05, 0) is 51.6 Å². The van der Waals surface area contributed by atoms with E-state index >= 15 is 0 Å². The highest BCUT2D eigenvalue weighted by Gasteiger charge is 2.23. The Balaban J connectivity index is 2.08. The van der Waals surface area contributed by atoms with Crippen molar-refractivity contribution in [2.45, 2.75) is 109 Å². The molecule has 0 amide bonds. The Morgan fingerprint density at radius 1 is 0.714 bits per heavy atom. The molecule has 0 aromatic carbocycles. The number of unbranched alkanes of at least 4 members (excludes halogenated alkanes) is 7. The number of nitrogens with zero attached hydrogens (tertiary/aromatic N) is 1. The second kappa shape index (κ2) is 12.5. The average molecular weight is 297 g/mol. The molecular weight excluding hydrogens is 256 g/mol. The third kappa shape index (κ3) is 8.83. The fourth-order valence-electron chi connectivity index (χ4n) is 3.68. The highest BCUT2D eigenvalue weighted by Crippen LogP contribution is 2.23. The molecule has 0 aromatic rings. The lowest BCUT2D eigenvalue weighted by Gasteiger charge is -2.36. The molecule has 0 radical (unpaired) electrons. The van der Waals surface area contributed by atoms with E-state index < -0.39 is 0 Å². The summed E-state index contributed by atoms with van der Waals surface area (Å²) in [6.07, 6.45) is 17.8. The standard InChI is InChI=1S/C19H40N2/c1-3-5-6-7-8-9-10-11-17-21(16-4-2)19-14-12-18(20)13-15-19/h18-19H,3-17,20H2,1-2H3. The Hall–Kier alpha value is -0.0800. The van der Waals surface area contributed by atoms with Gasteiger partial charge in [-0.25, -0.2) is 0 Å². The Morgan fingerprint density at radius 3 is 1.86 bits per heavy atom. The molecule has 0 aromatic heterocycles. The minimum atomic E-state index is 0.479. The normalized spacial score (nSPS) is 22.9. The number of hydrogen-bond donors (Lipinski definition) is 1. The van der Waals surface area contributed by atoms with Crippen molar-refractivity contribution in [1.29, 1.82) is 0 Å². The van der Waals surface area contributed by atoms with E-state index in [1.807, 2.05) is 0 Å². The van der Waals surface area contributed by atoms with Crippen LogP contribution in [0.4, 0.5) is 0 Å². The fraction of sp³-hybridized carbons (Fsp3) is 1.00. The molecule has 2 heteroatoms. The van der Waals surface area contributed by atoms with Crippen LogP contribution in [0.25, 0.3) is 0 Å². The van der Waals surface area contributed by atoms with Crippen LogP contribution in [0, 0.1) is 0 Å². The van der Waals surface area contributed by atoms with E-state index in [1.54, 1.807) is 0 Å². The molecule has 1 aliphatic rings. The van der Waals surface area contributed by atoms with Gasteiger partial charge in [0.1, 0.15) is 0 Å². The first-order chi connectivity index (χ1) is 10.3. The predicted molar refractivity (Wildman–Crippen MR) is 94.7 cm³/mol. The molecule has 1 saturated carbocycles. The van der Waals surface area contributed by atoms with Gasteiger partial charge in [0.05, 0.1) is 0 Å². The van der Waals surface area contributed by atoms with Crippen LogP contribution in [0.2, 0.25) is 0 Å². The van der Waals surface area contributed by atoms with Crippen molar-refractivity contribution in [3.8, 4) is 0 Å². The highest BCUT2D eigenvalue weighted by atomic mass is 15.1. The second-order valence-corrected chi connectivity index (χ2v) is 7.08. The quantitative estimate of drug-likeness (QED) is 0.507. The SMILES string of the molecule is CCCCCCCCCCN(CCC)C1CCC(N)CC1. The van der Waals surface area contributed by atoms with Gasteiger partial charge >= 0.3 is 0 Å². The molecule has 21 heavy (non-hydrogen) atoms. The summed E-state index contributed by atoms with van der Waals surface area (Å²) in [5.41, 5.74) is 6.04. The van der Waals surface area contributed by atoms with Crippen molar-refractivity contribution < 1.29 is 0 Å². The molecule has 0 spiro atoms. The lowest BCUT2D eigenvalue weighted by atomic mass is 9.90. The molecule has 126 valence electrons. The van der Waals surface area contributed by atoms with E-state index in [2.05, 4.69) is 18.7 Å². The minimum absolute atomic E-state index is 0.479. The van der Waals surface area contributed by atoms with Gasteiger partial charge < -0.3 is 10.6 Å². The monoisotopic (exact) mass is 296 g/mol. The Kier molecular flexibility index (Phi) is 11.3. The van der Waals surface area contributed by atoms with Crippen LogP contribution >= 0.6 is 0 Å². The summed E-state index contributed by atoms with van der Waals surface area (Å²) >= 11 is 0. The Morgan fingerprint density at radius 2 is 1.29 bits per heavy atom. The van der Waals surface area contributed by atoms with Crippen LogP contribution in [-0.4, -0.2) is 30.1 Å². The van der Waals surface area contributed by atoms with Crippen LogP contribution < -0.4 is 5.73 Å². The molecule has 0 heterocycles. The van der Waals surface area contributed by atoms with E-state index in [9.17, 15) is 0 Å². The Labute approximate surface area is 133 Å². The maximum Gasteiger partial charge on any atom is 0.00964 e. The molecule has 0 atom stereocenters. The topological polar surface area (TPSA) is 29.3 Å². The predicted octanol–water partition coefficient (Wildman–Crippen LogP) is 5.11. The van der Waals surface area contributed by atoms with Gasteiger partial charge in [-0.1, -0.05) is 58.8 Å². The molecule has 0 saturated heterocycles. The third-order valence-corrected chi connectivity index (χ3v) is 5.07. The molecule has 1 rings (SSSR count). The number of hydrogen-bond acceptors (Lipinski definition) is 2. The third-order valence-electron chi connectivity index (χ3n) is 5.07. The van der Waals surface area contributed by atoms with Gasteiger partial charge in [0.2, 0.25) is 0 Å². The van der Waals surface area contributed by atoms with Gasteiger partial charge in [0.25, 0.3) is 0 Å². The molecule has 2 N–H and O–H groups in total. The maximum atomic E-state index is 6.04. The van der Waals surface area contributed by atoms with Crippen molar-refractivity contribution in [3.63, 3.8) is 0 Å². The lowest BCUT2D eigenvalue weighted by Crippen LogP contribution is -2.41. The first-order valence-corrected chi connectivity index (χ1v) is 9.77. The van der Waals surface area contributed by atoms with E-state index in [0.717, 1.165) is 6.04 Å². The zero-order valence-electron chi connectivity index (χ0n) is 14.8. The van der Waals surface area contributed by atoms with Crippen molar-refractivity contribution >= 4 is 0 Å². The summed E-state index contributed by atoms with van der Waals surface area (Å²) in [5.74, 6) is 0. The van der Waals surface area contributed by atoms with E-state index in [4.69, 9.17) is 5.73 Å². The van der Waals surface area contributed by atoms with Gasteiger partial charge in [0.15, 0.2) is 0 Å². The largest absolute Gasteiger partial charge is 0.328 e. The highest BCUT2D eigenvalue weighted by molar-refractivity contribution is 4.81. The molecular formula is C19H40N2. The van der Waals surface area contributed by atoms with Crippen molar-refractivity contribution in [1.82, 2.24) is 4.90 Å². The first-order valence-electron chi connectivity index (χ1n) is 9.77. The Bertz CT molecular complexity index is 222. The average Bonchev–Trinajstić information content (AvgIpc) is 2.50.